The Kier molecular flexibility index (Phi) is 3.50. The summed E-state index contributed by atoms with van der Waals surface area (Å²) in [5, 5.41) is 0. The first-order valence-electron chi connectivity index (χ1n) is 9.42. The van der Waals surface area contributed by atoms with Gasteiger partial charge in [0.25, 0.3) is 0 Å². The first kappa shape index (κ1) is 14.4. The molecule has 0 radical (unpaired) electrons. The van der Waals surface area contributed by atoms with E-state index in [0.717, 1.165) is 36.1 Å². The van der Waals surface area contributed by atoms with Crippen LogP contribution in [-0.4, -0.2) is 28.0 Å². The summed E-state index contributed by atoms with van der Waals surface area (Å²) in [5.41, 5.74) is 3.79. The van der Waals surface area contributed by atoms with Gasteiger partial charge in [-0.25, -0.2) is 9.97 Å². The Bertz CT molecular complexity index is 721. The highest BCUT2D eigenvalue weighted by Crippen LogP contribution is 2.38. The average molecular weight is 320 g/mol. The quantitative estimate of drug-likeness (QED) is 0.814. The molecule has 0 saturated heterocycles. The Morgan fingerprint density at radius 3 is 2.29 bits per heavy atom. The lowest BCUT2D eigenvalue weighted by atomic mass is 10.1. The van der Waals surface area contributed by atoms with Crippen LogP contribution in [0.3, 0.4) is 0 Å². The summed E-state index contributed by atoms with van der Waals surface area (Å²) in [7, 11) is 0. The second kappa shape index (κ2) is 5.83. The molecule has 4 nitrogen and oxygen atoms in total. The zero-order valence-corrected chi connectivity index (χ0v) is 14.1. The van der Waals surface area contributed by atoms with Crippen molar-refractivity contribution in [1.29, 1.82) is 0 Å². The van der Waals surface area contributed by atoms with Gasteiger partial charge in [0, 0.05) is 42.3 Å². The lowest BCUT2D eigenvalue weighted by Gasteiger charge is -2.26. The van der Waals surface area contributed by atoms with Crippen LogP contribution < -0.4 is 4.90 Å². The maximum atomic E-state index is 5.06. The molecule has 0 spiro atoms. The molecule has 0 amide bonds. The van der Waals surface area contributed by atoms with E-state index in [1.165, 1.54) is 62.3 Å². The van der Waals surface area contributed by atoms with E-state index in [1.54, 1.807) is 0 Å². The third-order valence-electron chi connectivity index (χ3n) is 5.50. The molecule has 2 saturated carbocycles. The van der Waals surface area contributed by atoms with Crippen molar-refractivity contribution in [3.05, 3.63) is 35.8 Å². The smallest absolute Gasteiger partial charge is 0.161 e. The number of aromatic nitrogens is 3. The first-order valence-corrected chi connectivity index (χ1v) is 9.42. The number of anilines is 1. The molecular weight excluding hydrogens is 296 g/mol. The maximum Gasteiger partial charge on any atom is 0.161 e. The highest BCUT2D eigenvalue weighted by molar-refractivity contribution is 5.61. The number of nitrogens with zero attached hydrogens (tertiary/aromatic N) is 4. The van der Waals surface area contributed by atoms with E-state index in [4.69, 9.17) is 9.97 Å². The molecule has 0 aliphatic heterocycles. The second-order valence-electron chi connectivity index (χ2n) is 7.68. The molecule has 24 heavy (non-hydrogen) atoms. The summed E-state index contributed by atoms with van der Waals surface area (Å²) < 4.78 is 0. The molecule has 4 heteroatoms. The zero-order chi connectivity index (χ0) is 15.9. The van der Waals surface area contributed by atoms with E-state index >= 15 is 0 Å². The van der Waals surface area contributed by atoms with E-state index < -0.39 is 0 Å². The standard InChI is InChI=1S/C20H24N4/c1-2-17-18(3-1)22-19(16-8-10-21-11-9-16)23-20(17)24(12-14-4-5-14)13-15-6-7-15/h8-11,14-15H,1-7,12-13H2. The van der Waals surface area contributed by atoms with Crippen molar-refractivity contribution in [3.8, 4) is 11.4 Å². The van der Waals surface area contributed by atoms with Gasteiger partial charge >= 0.3 is 0 Å². The number of pyridine rings is 1. The molecule has 0 N–H and O–H groups in total. The topological polar surface area (TPSA) is 41.9 Å². The van der Waals surface area contributed by atoms with E-state index in [0.29, 0.717) is 0 Å². The van der Waals surface area contributed by atoms with Crippen LogP contribution in [-0.2, 0) is 12.8 Å². The molecule has 2 aromatic heterocycles. The van der Waals surface area contributed by atoms with Crippen LogP contribution in [0, 0.1) is 11.8 Å². The van der Waals surface area contributed by atoms with E-state index in [1.807, 2.05) is 24.5 Å². The van der Waals surface area contributed by atoms with E-state index in [-0.39, 0.29) is 0 Å². The Morgan fingerprint density at radius 1 is 0.917 bits per heavy atom. The minimum atomic E-state index is 0.879. The largest absolute Gasteiger partial charge is 0.356 e. The second-order valence-corrected chi connectivity index (χ2v) is 7.68. The van der Waals surface area contributed by atoms with Crippen LogP contribution in [0.2, 0.25) is 0 Å². The summed E-state index contributed by atoms with van der Waals surface area (Å²) in [6, 6.07) is 4.04. The average Bonchev–Trinajstić information content (AvgIpc) is 3.55. The Morgan fingerprint density at radius 2 is 1.62 bits per heavy atom. The third kappa shape index (κ3) is 2.90. The SMILES string of the molecule is c1cc(-c2nc3c(c(N(CC4CC4)CC4CC4)n2)CCC3)ccn1. The van der Waals surface area contributed by atoms with Crippen LogP contribution in [0.4, 0.5) is 5.82 Å². The molecule has 0 atom stereocenters. The lowest BCUT2D eigenvalue weighted by molar-refractivity contribution is 0.667. The Balaban J connectivity index is 1.56. The van der Waals surface area contributed by atoms with Crippen molar-refractivity contribution in [3.63, 3.8) is 0 Å². The number of aryl methyl sites for hydroxylation is 1. The molecule has 124 valence electrons. The molecule has 3 aliphatic rings. The fourth-order valence-corrected chi connectivity index (χ4v) is 3.78. The van der Waals surface area contributed by atoms with Crippen molar-refractivity contribution >= 4 is 5.82 Å². The van der Waals surface area contributed by atoms with Gasteiger partial charge in [0.1, 0.15) is 5.82 Å². The van der Waals surface area contributed by atoms with Gasteiger partial charge in [0.05, 0.1) is 0 Å². The van der Waals surface area contributed by atoms with Crippen LogP contribution in [0.25, 0.3) is 11.4 Å². The minimum Gasteiger partial charge on any atom is -0.356 e. The summed E-state index contributed by atoms with van der Waals surface area (Å²) in [6.45, 7) is 2.38. The molecule has 2 aromatic rings. The maximum absolute atomic E-state index is 5.06. The van der Waals surface area contributed by atoms with Crippen molar-refractivity contribution in [2.75, 3.05) is 18.0 Å². The highest BCUT2D eigenvalue weighted by Gasteiger charge is 2.32. The number of hydrogen-bond donors (Lipinski definition) is 0. The van der Waals surface area contributed by atoms with Gasteiger partial charge in [-0.3, -0.25) is 4.98 Å². The zero-order valence-electron chi connectivity index (χ0n) is 14.1. The minimum absolute atomic E-state index is 0.879. The fourth-order valence-electron chi connectivity index (χ4n) is 3.78. The van der Waals surface area contributed by atoms with Gasteiger partial charge in [0.15, 0.2) is 5.82 Å². The van der Waals surface area contributed by atoms with Crippen LogP contribution in [0.15, 0.2) is 24.5 Å². The summed E-state index contributed by atoms with van der Waals surface area (Å²) in [5.74, 6) is 3.90. The number of rotatable bonds is 6. The summed E-state index contributed by atoms with van der Waals surface area (Å²) in [6.07, 6.45) is 12.7. The van der Waals surface area contributed by atoms with E-state index in [9.17, 15) is 0 Å². The monoisotopic (exact) mass is 320 g/mol. The van der Waals surface area contributed by atoms with Gasteiger partial charge in [-0.2, -0.15) is 0 Å². The van der Waals surface area contributed by atoms with Crippen molar-refractivity contribution in [2.24, 2.45) is 11.8 Å². The molecule has 2 heterocycles. The molecule has 0 unspecified atom stereocenters. The molecule has 3 aliphatic carbocycles. The Hall–Kier alpha value is -1.97. The molecule has 0 aromatic carbocycles. The summed E-state index contributed by atoms with van der Waals surface area (Å²) >= 11 is 0. The Labute approximate surface area is 143 Å². The van der Waals surface area contributed by atoms with Crippen molar-refractivity contribution < 1.29 is 0 Å². The summed E-state index contributed by atoms with van der Waals surface area (Å²) in [4.78, 5) is 16.7. The van der Waals surface area contributed by atoms with Gasteiger partial charge in [-0.15, -0.1) is 0 Å². The predicted octanol–water partition coefficient (Wildman–Crippen LogP) is 3.65. The molecule has 5 rings (SSSR count). The van der Waals surface area contributed by atoms with E-state index in [2.05, 4.69) is 9.88 Å². The molecule has 0 bridgehead atoms. The third-order valence-corrected chi connectivity index (χ3v) is 5.50. The lowest BCUT2D eigenvalue weighted by Crippen LogP contribution is -2.30. The molecule has 2 fully saturated rings. The normalized spacial score (nSPS) is 19.3. The predicted molar refractivity (Wildman–Crippen MR) is 94.9 cm³/mol. The van der Waals surface area contributed by atoms with Crippen LogP contribution >= 0.6 is 0 Å². The van der Waals surface area contributed by atoms with Gasteiger partial charge in [-0.1, -0.05) is 0 Å². The van der Waals surface area contributed by atoms with Crippen LogP contribution in [0.1, 0.15) is 43.4 Å². The van der Waals surface area contributed by atoms with Crippen molar-refractivity contribution in [1.82, 2.24) is 15.0 Å². The first-order chi connectivity index (χ1) is 11.9. The number of hydrogen-bond acceptors (Lipinski definition) is 4. The highest BCUT2D eigenvalue weighted by atomic mass is 15.2. The van der Waals surface area contributed by atoms with Gasteiger partial charge in [-0.05, 0) is 68.9 Å². The van der Waals surface area contributed by atoms with Gasteiger partial charge < -0.3 is 4.90 Å². The van der Waals surface area contributed by atoms with Crippen molar-refractivity contribution in [2.45, 2.75) is 44.9 Å². The fraction of sp³-hybridized carbons (Fsp3) is 0.550. The number of fused-ring (bicyclic) bond motifs is 1. The van der Waals surface area contributed by atoms with Gasteiger partial charge in [0.2, 0.25) is 0 Å². The molecular formula is C20H24N4. The van der Waals surface area contributed by atoms with Crippen LogP contribution in [0.5, 0.6) is 0 Å².